The van der Waals surface area contributed by atoms with Gasteiger partial charge in [-0.1, -0.05) is 123 Å². The van der Waals surface area contributed by atoms with E-state index >= 15 is 0 Å². The van der Waals surface area contributed by atoms with Gasteiger partial charge in [0, 0.05) is 20.4 Å². The first kappa shape index (κ1) is 35.5. The molecule has 0 saturated heterocycles. The van der Waals surface area contributed by atoms with Crippen LogP contribution < -0.4 is 0 Å². The molecule has 0 unspecified atom stereocenters. The quantitative estimate of drug-likeness (QED) is 0.0751. The minimum atomic E-state index is 0. The first-order valence-corrected chi connectivity index (χ1v) is 16.0. The van der Waals surface area contributed by atoms with Crippen LogP contribution in [0.25, 0.3) is 0 Å². The van der Waals surface area contributed by atoms with Gasteiger partial charge in [0.05, 0.1) is 22.8 Å². The van der Waals surface area contributed by atoms with Crippen molar-refractivity contribution in [2.45, 2.75) is 143 Å². The van der Waals surface area contributed by atoms with Gasteiger partial charge in [0.25, 0.3) is 0 Å². The number of hydrogen-bond donors (Lipinski definition) is 0. The van der Waals surface area contributed by atoms with E-state index < -0.39 is 0 Å². The fourth-order valence-electron chi connectivity index (χ4n) is 5.05. The number of nitrogens with zero attached hydrogens (tertiary/aromatic N) is 2. The molecule has 0 radical (unpaired) electrons. The molecule has 2 aromatic rings. The predicted molar refractivity (Wildman–Crippen MR) is 171 cm³/mol. The van der Waals surface area contributed by atoms with E-state index in [4.69, 9.17) is 9.98 Å². The molecular formula is C36H56N2Pd. The number of aryl methyl sites for hydroxylation is 2. The Bertz CT molecular complexity index is 947. The summed E-state index contributed by atoms with van der Waals surface area (Å²) in [5.74, 6) is 0. The molecule has 0 atom stereocenters. The molecule has 3 heteroatoms. The number of unbranched alkanes of at least 4 members (excludes halogenated alkanes) is 11. The zero-order valence-corrected chi connectivity index (χ0v) is 27.1. The van der Waals surface area contributed by atoms with E-state index in [1.165, 1.54) is 94.6 Å². The minimum absolute atomic E-state index is 0. The van der Waals surface area contributed by atoms with Gasteiger partial charge in [-0.3, -0.25) is 9.98 Å². The number of aliphatic imine (C=N–C) groups is 2. The van der Waals surface area contributed by atoms with Crippen LogP contribution in [0.4, 0.5) is 11.4 Å². The fourth-order valence-corrected chi connectivity index (χ4v) is 5.05. The van der Waals surface area contributed by atoms with Crippen molar-refractivity contribution in [3.63, 3.8) is 0 Å². The summed E-state index contributed by atoms with van der Waals surface area (Å²) < 4.78 is 0. The Morgan fingerprint density at radius 2 is 0.949 bits per heavy atom. The van der Waals surface area contributed by atoms with Crippen molar-refractivity contribution >= 4 is 22.8 Å². The first-order chi connectivity index (χ1) is 18.7. The molecule has 0 spiro atoms. The maximum absolute atomic E-state index is 5.19. The van der Waals surface area contributed by atoms with Gasteiger partial charge in [0.1, 0.15) is 0 Å². The number of rotatable bonds is 21. The topological polar surface area (TPSA) is 24.7 Å². The molecule has 0 fully saturated rings. The van der Waals surface area contributed by atoms with Gasteiger partial charge in [0.2, 0.25) is 0 Å². The molecule has 0 heterocycles. The van der Waals surface area contributed by atoms with E-state index in [0.29, 0.717) is 0 Å². The Morgan fingerprint density at radius 3 is 1.41 bits per heavy atom. The van der Waals surface area contributed by atoms with Crippen LogP contribution in [0, 0.1) is 0 Å². The Hall–Kier alpha value is -1.56. The van der Waals surface area contributed by atoms with Crippen LogP contribution in [0.2, 0.25) is 0 Å². The summed E-state index contributed by atoms with van der Waals surface area (Å²) in [4.78, 5) is 10.3. The van der Waals surface area contributed by atoms with Crippen molar-refractivity contribution in [1.82, 2.24) is 0 Å². The molecule has 0 bridgehead atoms. The van der Waals surface area contributed by atoms with Gasteiger partial charge in [-0.25, -0.2) is 0 Å². The van der Waals surface area contributed by atoms with Gasteiger partial charge in [-0.05, 0) is 80.3 Å². The molecule has 0 aliphatic heterocycles. The summed E-state index contributed by atoms with van der Waals surface area (Å²) in [6, 6.07) is 17.8. The Kier molecular flexibility index (Phi) is 21.1. The van der Waals surface area contributed by atoms with Crippen LogP contribution in [0.5, 0.6) is 0 Å². The molecule has 0 saturated carbocycles. The first-order valence-electron chi connectivity index (χ1n) is 16.0. The summed E-state index contributed by atoms with van der Waals surface area (Å²) >= 11 is 0. The minimum Gasteiger partial charge on any atom is -0.252 e. The van der Waals surface area contributed by atoms with Gasteiger partial charge in [-0.15, -0.1) is 0 Å². The van der Waals surface area contributed by atoms with Crippen molar-refractivity contribution < 1.29 is 20.4 Å². The zero-order chi connectivity index (χ0) is 27.3. The Morgan fingerprint density at radius 1 is 0.513 bits per heavy atom. The zero-order valence-electron chi connectivity index (χ0n) is 25.6. The molecule has 0 amide bonds. The maximum atomic E-state index is 5.19. The smallest absolute Gasteiger partial charge is 0.0636 e. The van der Waals surface area contributed by atoms with E-state index in [1.807, 2.05) is 0 Å². The summed E-state index contributed by atoms with van der Waals surface area (Å²) in [6.45, 7) is 9.04. The SMILES string of the molecule is CCCCCCCCc1cccc(N=C(CC)C(CCCC)=Nc2cccc(CCCCCCCC)c2)c1.[Pd]. The normalized spacial score (nSPS) is 12.0. The van der Waals surface area contributed by atoms with Crippen molar-refractivity contribution in [1.29, 1.82) is 0 Å². The molecule has 2 rings (SSSR count). The molecule has 39 heavy (non-hydrogen) atoms. The van der Waals surface area contributed by atoms with Crippen LogP contribution in [-0.4, -0.2) is 11.4 Å². The van der Waals surface area contributed by atoms with Crippen molar-refractivity contribution in [3.05, 3.63) is 59.7 Å². The largest absolute Gasteiger partial charge is 0.252 e. The number of benzene rings is 2. The maximum Gasteiger partial charge on any atom is 0.0636 e. The third-order valence-corrected chi connectivity index (χ3v) is 7.42. The average Bonchev–Trinajstić information content (AvgIpc) is 2.94. The van der Waals surface area contributed by atoms with Gasteiger partial charge in [0.15, 0.2) is 0 Å². The van der Waals surface area contributed by atoms with Gasteiger partial charge < -0.3 is 0 Å². The second-order valence-electron chi connectivity index (χ2n) is 10.9. The second kappa shape index (κ2) is 23.2. The van der Waals surface area contributed by atoms with Crippen LogP contribution in [0.3, 0.4) is 0 Å². The fraction of sp³-hybridized carbons (Fsp3) is 0.611. The molecule has 2 nitrogen and oxygen atoms in total. The monoisotopic (exact) mass is 622 g/mol. The number of hydrogen-bond acceptors (Lipinski definition) is 2. The van der Waals surface area contributed by atoms with E-state index in [0.717, 1.165) is 54.9 Å². The van der Waals surface area contributed by atoms with Crippen molar-refractivity contribution in [3.8, 4) is 0 Å². The van der Waals surface area contributed by atoms with E-state index in [2.05, 4.69) is 76.2 Å². The van der Waals surface area contributed by atoms with Gasteiger partial charge >= 0.3 is 0 Å². The van der Waals surface area contributed by atoms with Crippen molar-refractivity contribution in [2.24, 2.45) is 9.98 Å². The summed E-state index contributed by atoms with van der Waals surface area (Å²) in [5, 5.41) is 0. The van der Waals surface area contributed by atoms with Gasteiger partial charge in [-0.2, -0.15) is 0 Å². The summed E-state index contributed by atoms with van der Waals surface area (Å²) in [6.07, 6.45) is 22.6. The molecule has 0 aliphatic rings. The average molecular weight is 623 g/mol. The third kappa shape index (κ3) is 15.7. The summed E-state index contributed by atoms with van der Waals surface area (Å²) in [5.41, 5.74) is 7.27. The van der Waals surface area contributed by atoms with Crippen LogP contribution >= 0.6 is 0 Å². The van der Waals surface area contributed by atoms with E-state index in [9.17, 15) is 0 Å². The van der Waals surface area contributed by atoms with Crippen LogP contribution in [0.1, 0.15) is 142 Å². The molecular weight excluding hydrogens is 567 g/mol. The standard InChI is InChI=1S/C36H56N2.Pd/c1-5-9-12-14-16-18-22-31-24-20-26-33(29-31)37-35(8-4)36(28-11-7-3)38-34-27-21-25-32(30-34)23-19-17-15-13-10-6-2;/h20-21,24-27,29-30H,5-19,22-23,28H2,1-4H3;. The summed E-state index contributed by atoms with van der Waals surface area (Å²) in [7, 11) is 0. The Balaban J connectivity index is 0.00000760. The molecule has 0 aromatic heterocycles. The molecule has 220 valence electrons. The van der Waals surface area contributed by atoms with E-state index in [-0.39, 0.29) is 20.4 Å². The molecule has 2 aromatic carbocycles. The third-order valence-electron chi connectivity index (χ3n) is 7.42. The molecule has 0 aliphatic carbocycles. The van der Waals surface area contributed by atoms with Crippen molar-refractivity contribution in [2.75, 3.05) is 0 Å². The Labute approximate surface area is 255 Å². The molecule has 0 N–H and O–H groups in total. The van der Waals surface area contributed by atoms with Crippen LogP contribution in [-0.2, 0) is 33.3 Å². The van der Waals surface area contributed by atoms with E-state index in [1.54, 1.807) is 0 Å². The second-order valence-corrected chi connectivity index (χ2v) is 10.9. The van der Waals surface area contributed by atoms with Crippen LogP contribution in [0.15, 0.2) is 58.5 Å². The predicted octanol–water partition coefficient (Wildman–Crippen LogP) is 11.9.